The first-order valence-electron chi connectivity index (χ1n) is 4.94. The Bertz CT molecular complexity index is 596. The Kier molecular flexibility index (Phi) is 3.08. The zero-order valence-corrected chi connectivity index (χ0v) is 10.2. The van der Waals surface area contributed by atoms with Gasteiger partial charge >= 0.3 is 0 Å². The van der Waals surface area contributed by atoms with E-state index < -0.39 is 0 Å². The molecule has 0 amide bonds. The largest absolute Gasteiger partial charge is 0.495 e. The van der Waals surface area contributed by atoms with Gasteiger partial charge in [0.1, 0.15) is 17.2 Å². The summed E-state index contributed by atoms with van der Waals surface area (Å²) >= 11 is 6.05. The number of aromatic nitrogens is 1. The van der Waals surface area contributed by atoms with Crippen LogP contribution in [0.5, 0.6) is 5.75 Å². The number of rotatable bonds is 2. The smallest absolute Gasteiger partial charge is 0.149 e. The molecule has 0 atom stereocenters. The van der Waals surface area contributed by atoms with Crippen molar-refractivity contribution in [3.05, 3.63) is 34.5 Å². The van der Waals surface area contributed by atoms with Gasteiger partial charge < -0.3 is 9.26 Å². The van der Waals surface area contributed by atoms with E-state index in [1.165, 1.54) is 0 Å². The van der Waals surface area contributed by atoms with Crippen LogP contribution in [0.25, 0.3) is 11.3 Å². The molecule has 0 aliphatic heterocycles. The van der Waals surface area contributed by atoms with Crippen molar-refractivity contribution in [1.29, 1.82) is 0 Å². The first-order chi connectivity index (χ1) is 8.17. The lowest BCUT2D eigenvalue weighted by atomic mass is 10.1. The molecule has 86 valence electrons. The Morgan fingerprint density at radius 1 is 1.47 bits per heavy atom. The van der Waals surface area contributed by atoms with Crippen LogP contribution < -0.4 is 4.74 Å². The molecule has 0 saturated carbocycles. The maximum Gasteiger partial charge on any atom is 0.149 e. The van der Waals surface area contributed by atoms with Crippen LogP contribution in [0.15, 0.2) is 22.7 Å². The third-order valence-electron chi connectivity index (χ3n) is 2.43. The Balaban J connectivity index is 2.54. The van der Waals surface area contributed by atoms with Gasteiger partial charge in [-0.1, -0.05) is 22.7 Å². The van der Waals surface area contributed by atoms with Crippen LogP contribution in [0.1, 0.15) is 11.3 Å². The van der Waals surface area contributed by atoms with E-state index in [0.29, 0.717) is 27.8 Å². The Morgan fingerprint density at radius 3 is 2.82 bits per heavy atom. The summed E-state index contributed by atoms with van der Waals surface area (Å²) in [4.78, 5) is 0. The molecule has 0 bridgehead atoms. The summed E-state index contributed by atoms with van der Waals surface area (Å²) in [6, 6.07) is 5.35. The number of aryl methyl sites for hydroxylation is 1. The van der Waals surface area contributed by atoms with Gasteiger partial charge in [0.05, 0.1) is 17.7 Å². The first-order valence-corrected chi connectivity index (χ1v) is 5.32. The van der Waals surface area contributed by atoms with Gasteiger partial charge in [0.15, 0.2) is 0 Å². The number of hydrogen-bond acceptors (Lipinski definition) is 3. The highest BCUT2D eigenvalue weighted by Gasteiger charge is 2.14. The molecule has 0 fully saturated rings. The second-order valence-electron chi connectivity index (χ2n) is 3.46. The lowest BCUT2D eigenvalue weighted by Crippen LogP contribution is -1.87. The van der Waals surface area contributed by atoms with Crippen molar-refractivity contribution >= 4 is 11.6 Å². The fraction of sp³-hybridized carbons (Fsp3) is 0.154. The zero-order chi connectivity index (χ0) is 12.4. The summed E-state index contributed by atoms with van der Waals surface area (Å²) in [5.41, 5.74) is 2.07. The summed E-state index contributed by atoms with van der Waals surface area (Å²) in [5.74, 6) is 3.79. The highest BCUT2D eigenvalue weighted by atomic mass is 35.5. The minimum atomic E-state index is 0.508. The van der Waals surface area contributed by atoms with Gasteiger partial charge in [-0.2, -0.15) is 0 Å². The summed E-state index contributed by atoms with van der Waals surface area (Å²) in [6.07, 6.45) is 5.42. The molecule has 0 radical (unpaired) electrons. The molecule has 0 N–H and O–H groups in total. The van der Waals surface area contributed by atoms with Crippen molar-refractivity contribution in [2.24, 2.45) is 0 Å². The fourth-order valence-corrected chi connectivity index (χ4v) is 1.81. The summed E-state index contributed by atoms with van der Waals surface area (Å²) < 4.78 is 10.2. The lowest BCUT2D eigenvalue weighted by Gasteiger charge is -2.04. The third kappa shape index (κ3) is 2.00. The maximum atomic E-state index is 6.05. The van der Waals surface area contributed by atoms with Crippen molar-refractivity contribution in [2.75, 3.05) is 7.11 Å². The molecule has 1 aromatic carbocycles. The van der Waals surface area contributed by atoms with Crippen LogP contribution in [-0.2, 0) is 0 Å². The molecule has 17 heavy (non-hydrogen) atoms. The van der Waals surface area contributed by atoms with Crippen LogP contribution in [0.3, 0.4) is 0 Å². The molecule has 4 heteroatoms. The van der Waals surface area contributed by atoms with Crippen molar-refractivity contribution in [2.45, 2.75) is 6.92 Å². The van der Waals surface area contributed by atoms with Gasteiger partial charge in [0.25, 0.3) is 0 Å². The molecule has 0 unspecified atom stereocenters. The Labute approximate surface area is 104 Å². The van der Waals surface area contributed by atoms with E-state index in [0.717, 1.165) is 5.56 Å². The van der Waals surface area contributed by atoms with Crippen LogP contribution in [0.2, 0.25) is 5.02 Å². The second-order valence-corrected chi connectivity index (χ2v) is 3.86. The van der Waals surface area contributed by atoms with Gasteiger partial charge in [0, 0.05) is 5.56 Å². The normalized spacial score (nSPS) is 10.0. The zero-order valence-electron chi connectivity index (χ0n) is 9.45. The second kappa shape index (κ2) is 4.52. The number of terminal acetylenes is 1. The average molecular weight is 248 g/mol. The minimum absolute atomic E-state index is 0.508. The van der Waals surface area contributed by atoms with E-state index in [2.05, 4.69) is 11.1 Å². The Morgan fingerprint density at radius 2 is 2.24 bits per heavy atom. The molecule has 0 saturated heterocycles. The van der Waals surface area contributed by atoms with Crippen LogP contribution in [0.4, 0.5) is 0 Å². The van der Waals surface area contributed by atoms with Crippen molar-refractivity contribution in [3.63, 3.8) is 0 Å². The number of nitrogens with zero attached hydrogens (tertiary/aromatic N) is 1. The van der Waals surface area contributed by atoms with Gasteiger partial charge in [-0.05, 0) is 25.1 Å². The van der Waals surface area contributed by atoms with Crippen molar-refractivity contribution in [1.82, 2.24) is 5.16 Å². The summed E-state index contributed by atoms with van der Waals surface area (Å²) in [7, 11) is 1.56. The summed E-state index contributed by atoms with van der Waals surface area (Å²) in [5, 5.41) is 4.44. The summed E-state index contributed by atoms with van der Waals surface area (Å²) in [6.45, 7) is 1.77. The maximum absolute atomic E-state index is 6.05. The Hall–Kier alpha value is -1.92. The van der Waals surface area contributed by atoms with E-state index >= 15 is 0 Å². The van der Waals surface area contributed by atoms with Gasteiger partial charge in [-0.3, -0.25) is 0 Å². The van der Waals surface area contributed by atoms with Crippen LogP contribution in [-0.4, -0.2) is 12.3 Å². The van der Waals surface area contributed by atoms with E-state index in [1.54, 1.807) is 26.2 Å². The van der Waals surface area contributed by atoms with Crippen LogP contribution in [0, 0.1) is 19.3 Å². The van der Waals surface area contributed by atoms with Crippen molar-refractivity contribution in [3.8, 4) is 29.4 Å². The van der Waals surface area contributed by atoms with E-state index in [-0.39, 0.29) is 0 Å². The predicted molar refractivity (Wildman–Crippen MR) is 66.2 cm³/mol. The topological polar surface area (TPSA) is 35.3 Å². The number of ether oxygens (including phenoxy) is 1. The quantitative estimate of drug-likeness (QED) is 0.764. The number of hydrogen-bond donors (Lipinski definition) is 0. The van der Waals surface area contributed by atoms with Gasteiger partial charge in [-0.25, -0.2) is 0 Å². The first kappa shape index (κ1) is 11.6. The molecule has 2 aromatic rings. The lowest BCUT2D eigenvalue weighted by molar-refractivity contribution is 0.399. The SMILES string of the molecule is C#Cc1c(-c2ccc(OC)c(Cl)c2)noc1C. The van der Waals surface area contributed by atoms with Gasteiger partial charge in [-0.15, -0.1) is 6.42 Å². The molecule has 2 rings (SSSR count). The van der Waals surface area contributed by atoms with Crippen LogP contribution >= 0.6 is 11.6 Å². The number of halogens is 1. The molecule has 0 aliphatic rings. The highest BCUT2D eigenvalue weighted by molar-refractivity contribution is 6.32. The number of methoxy groups -OCH3 is 1. The van der Waals surface area contributed by atoms with E-state index in [1.807, 2.05) is 6.07 Å². The molecule has 0 spiro atoms. The monoisotopic (exact) mass is 247 g/mol. The number of benzene rings is 1. The molecular formula is C13H10ClNO2. The molecule has 1 aromatic heterocycles. The van der Waals surface area contributed by atoms with E-state index in [9.17, 15) is 0 Å². The molecular weight excluding hydrogens is 238 g/mol. The third-order valence-corrected chi connectivity index (χ3v) is 2.73. The fourth-order valence-electron chi connectivity index (χ4n) is 1.55. The van der Waals surface area contributed by atoms with E-state index in [4.69, 9.17) is 27.3 Å². The minimum Gasteiger partial charge on any atom is -0.495 e. The average Bonchev–Trinajstić information content (AvgIpc) is 2.70. The van der Waals surface area contributed by atoms with Crippen molar-refractivity contribution < 1.29 is 9.26 Å². The molecule has 1 heterocycles. The molecule has 0 aliphatic carbocycles. The molecule has 3 nitrogen and oxygen atoms in total. The highest BCUT2D eigenvalue weighted by Crippen LogP contribution is 2.31. The predicted octanol–water partition coefficient (Wildman–Crippen LogP) is 3.29. The standard InChI is InChI=1S/C13H10ClNO2/c1-4-10-8(2)17-15-13(10)9-5-6-12(16-3)11(14)7-9/h1,5-7H,2-3H3. The van der Waals surface area contributed by atoms with Gasteiger partial charge in [0.2, 0.25) is 0 Å².